The van der Waals surface area contributed by atoms with E-state index >= 15 is 9.59 Å². The first-order valence-electron chi connectivity index (χ1n) is 26.7. The minimum Gasteiger partial charge on any atom is -0.463 e. The predicted octanol–water partition coefficient (Wildman–Crippen LogP) is 8.09. The molecule has 22 nitrogen and oxygen atoms in total. The van der Waals surface area contributed by atoms with Gasteiger partial charge in [-0.3, -0.25) is 28.8 Å². The first kappa shape index (κ1) is 65.3. The van der Waals surface area contributed by atoms with Crippen molar-refractivity contribution in [2.45, 2.75) is 149 Å². The van der Waals surface area contributed by atoms with E-state index in [1.165, 1.54) is 57.3 Å². The largest absolute Gasteiger partial charge is 0.514 e. The molecule has 4 aromatic carbocycles. The summed E-state index contributed by atoms with van der Waals surface area (Å²) in [6.07, 6.45) is -2.72. The summed E-state index contributed by atoms with van der Waals surface area (Å²) in [4.78, 5) is 138. The number of esters is 1. The Morgan fingerprint density at radius 1 is 0.687 bits per heavy atom. The topological polar surface area (TPSA) is 289 Å². The van der Waals surface area contributed by atoms with Gasteiger partial charge in [-0.1, -0.05) is 48.0 Å². The summed E-state index contributed by atoms with van der Waals surface area (Å²) in [7, 11) is 2.30. The van der Waals surface area contributed by atoms with Gasteiger partial charge in [0.05, 0.1) is 13.2 Å². The number of amides is 6. The maximum absolute atomic E-state index is 15.3. The Labute approximate surface area is 487 Å². The number of rotatable bonds is 16. The summed E-state index contributed by atoms with van der Waals surface area (Å²) < 4.78 is 32.6. The Bertz CT molecular complexity index is 3070. The molecule has 23 heteroatoms. The van der Waals surface area contributed by atoms with Crippen LogP contribution in [0.3, 0.4) is 0 Å². The number of alkyl carbamates (subject to hydrolysis) is 1. The highest BCUT2D eigenvalue weighted by Gasteiger charge is 2.37. The Morgan fingerprint density at radius 2 is 1.23 bits per heavy atom. The van der Waals surface area contributed by atoms with E-state index in [0.717, 1.165) is 23.1 Å². The van der Waals surface area contributed by atoms with Crippen molar-refractivity contribution in [1.29, 1.82) is 0 Å². The molecule has 1 heterocycles. The average molecular weight is 1170 g/mol. The SMILES string of the molecule is COC(=O)C(=O)C(C)NC(=O)C1Cc2ccc(OC(=O)OC(C)(C)C)c(c2)-c2cc(ccc2OC(=O)OC(C)(C)C)C(N(C)C(=O)C(CCCCNC(=O)OC(C)(C)C)NC(=O)c2ccc(-c3ccc(Cl)cc3)cc2)C(=O)NC(C)C(=O)N1. The van der Waals surface area contributed by atoms with Crippen LogP contribution in [-0.2, 0) is 54.1 Å². The number of methoxy groups -OCH3 is 1. The van der Waals surface area contributed by atoms with E-state index in [-0.39, 0.29) is 65.1 Å². The molecule has 5 N–H and O–H groups in total. The van der Waals surface area contributed by atoms with Crippen LogP contribution >= 0.6 is 11.6 Å². The van der Waals surface area contributed by atoms with Crippen LogP contribution in [0.25, 0.3) is 22.3 Å². The highest BCUT2D eigenvalue weighted by Crippen LogP contribution is 2.41. The Morgan fingerprint density at radius 3 is 1.78 bits per heavy atom. The fourth-order valence-corrected chi connectivity index (χ4v) is 8.48. The molecule has 0 saturated carbocycles. The maximum atomic E-state index is 15.3. The molecule has 1 aliphatic heterocycles. The fraction of sp³-hybridized carbons (Fsp3) is 0.433. The van der Waals surface area contributed by atoms with E-state index in [0.29, 0.717) is 11.4 Å². The van der Waals surface area contributed by atoms with Crippen molar-refractivity contribution in [3.8, 4) is 33.8 Å². The molecule has 83 heavy (non-hydrogen) atoms. The Kier molecular flexibility index (Phi) is 22.0. The van der Waals surface area contributed by atoms with E-state index in [2.05, 4.69) is 31.3 Å². The highest BCUT2D eigenvalue weighted by molar-refractivity contribution is 6.36. The van der Waals surface area contributed by atoms with Crippen LogP contribution in [0.5, 0.6) is 11.5 Å². The number of ketones is 1. The molecule has 5 atom stereocenters. The first-order chi connectivity index (χ1) is 38.7. The van der Waals surface area contributed by atoms with Gasteiger partial charge in [-0.25, -0.2) is 19.2 Å². The third kappa shape index (κ3) is 19.6. The van der Waals surface area contributed by atoms with Crippen LogP contribution in [-0.4, -0.2) is 126 Å². The van der Waals surface area contributed by atoms with Gasteiger partial charge in [0.15, 0.2) is 0 Å². The highest BCUT2D eigenvalue weighted by atomic mass is 35.5. The molecule has 0 aliphatic carbocycles. The molecule has 446 valence electrons. The van der Waals surface area contributed by atoms with Gasteiger partial charge >= 0.3 is 24.4 Å². The number of fused-ring (bicyclic) bond motifs is 5. The lowest BCUT2D eigenvalue weighted by Gasteiger charge is -2.33. The molecule has 6 amide bonds. The van der Waals surface area contributed by atoms with Crippen LogP contribution in [0.1, 0.15) is 123 Å². The maximum Gasteiger partial charge on any atom is 0.514 e. The number of nitrogens with zero attached hydrogens (tertiary/aromatic N) is 1. The zero-order chi connectivity index (χ0) is 61.7. The number of ether oxygens (including phenoxy) is 6. The first-order valence-corrected chi connectivity index (χ1v) is 27.1. The van der Waals surface area contributed by atoms with Gasteiger partial charge < -0.3 is 59.9 Å². The van der Waals surface area contributed by atoms with Gasteiger partial charge in [0.1, 0.15) is 52.5 Å². The molecular formula is C60H73ClN6O16. The molecule has 4 aromatic rings. The van der Waals surface area contributed by atoms with Gasteiger partial charge in [-0.05, 0) is 166 Å². The molecule has 0 radical (unpaired) electrons. The van der Waals surface area contributed by atoms with E-state index in [1.807, 2.05) is 12.1 Å². The van der Waals surface area contributed by atoms with E-state index in [9.17, 15) is 38.4 Å². The summed E-state index contributed by atoms with van der Waals surface area (Å²) in [5.41, 5.74) is -0.716. The summed E-state index contributed by atoms with van der Waals surface area (Å²) in [6, 6.07) is 14.7. The molecule has 0 saturated heterocycles. The number of unbranched alkanes of at least 4 members (excludes halogenated alkanes) is 1. The standard InChI is InChI=1S/C60H73ClN6O16/c1-33(48(68)54(74)78-13)63-51(71)44-31-35-17-27-45(79-56(76)82-59(6,7)8)41(30-35)42-32-39(24-28-46(42)80-57(77)83-60(9,10)11)47(52(72)64-34(2)49(69)66-44)67(12)53(73)43(16-14-15-29-62-55(75)81-58(3,4)5)65-50(70)38-20-18-36(19-21-38)37-22-25-40(61)26-23-37/h17-28,30,32-34,43-44,47H,14-16,29,31H2,1-13H3,(H,62,75)(H,63,71)(H,64,72)(H,65,70)(H,66,69). The van der Waals surface area contributed by atoms with E-state index in [1.54, 1.807) is 98.7 Å². The lowest BCUT2D eigenvalue weighted by molar-refractivity contribution is -0.152. The van der Waals surface area contributed by atoms with Gasteiger partial charge in [0.25, 0.3) is 11.7 Å². The van der Waals surface area contributed by atoms with Crippen LogP contribution in [0.2, 0.25) is 5.02 Å². The van der Waals surface area contributed by atoms with E-state index < -0.39 is 107 Å². The molecule has 0 spiro atoms. The minimum absolute atomic E-state index is 0.000679. The van der Waals surface area contributed by atoms with E-state index in [4.69, 9.17) is 35.3 Å². The van der Waals surface area contributed by atoms with Crippen molar-refractivity contribution >= 4 is 71.3 Å². The lowest BCUT2D eigenvalue weighted by atomic mass is 9.93. The third-order valence-electron chi connectivity index (χ3n) is 12.3. The summed E-state index contributed by atoms with van der Waals surface area (Å²) in [5.74, 6) is -6.92. The Balaban J connectivity index is 1.67. The normalized spacial score (nSPS) is 16.1. The smallest absolute Gasteiger partial charge is 0.463 e. The van der Waals surface area contributed by atoms with Gasteiger partial charge in [0, 0.05) is 41.7 Å². The molecular weight excluding hydrogens is 1100 g/mol. The number of carbonyl (C=O) groups excluding carboxylic acids is 10. The predicted molar refractivity (Wildman–Crippen MR) is 305 cm³/mol. The number of likely N-dealkylation sites (N-methyl/N-ethyl adjacent to an activating group) is 1. The van der Waals surface area contributed by atoms with Crippen molar-refractivity contribution in [1.82, 2.24) is 31.5 Å². The van der Waals surface area contributed by atoms with Crippen molar-refractivity contribution < 1.29 is 76.4 Å². The molecule has 1 aliphatic rings. The quantitative estimate of drug-likeness (QED) is 0.0233. The van der Waals surface area contributed by atoms with Crippen LogP contribution in [0, 0.1) is 0 Å². The van der Waals surface area contributed by atoms with Crippen molar-refractivity contribution in [3.63, 3.8) is 0 Å². The summed E-state index contributed by atoms with van der Waals surface area (Å²) in [5, 5.41) is 13.8. The van der Waals surface area contributed by atoms with Crippen molar-refractivity contribution in [2.75, 3.05) is 20.7 Å². The second kappa shape index (κ2) is 28.0. The molecule has 5 unspecified atom stereocenters. The zero-order valence-corrected chi connectivity index (χ0v) is 49.6. The molecule has 4 bridgehead atoms. The van der Waals surface area contributed by atoms with Gasteiger partial charge in [0.2, 0.25) is 23.6 Å². The molecule has 0 aromatic heterocycles. The monoisotopic (exact) mass is 1170 g/mol. The van der Waals surface area contributed by atoms with Gasteiger partial charge in [-0.2, -0.15) is 0 Å². The number of Topliss-reactive ketones (excluding diaryl/α,β-unsaturated/α-hetero) is 1. The summed E-state index contributed by atoms with van der Waals surface area (Å²) >= 11 is 6.11. The number of hydrogen-bond acceptors (Lipinski definition) is 16. The number of hydrogen-bond donors (Lipinski definition) is 5. The fourth-order valence-electron chi connectivity index (χ4n) is 8.36. The zero-order valence-electron chi connectivity index (χ0n) is 48.9. The minimum atomic E-state index is -1.68. The number of benzene rings is 4. The number of carbonyl (C=O) groups is 10. The van der Waals surface area contributed by atoms with Crippen LogP contribution in [0.4, 0.5) is 14.4 Å². The molecule has 0 fully saturated rings. The lowest BCUT2D eigenvalue weighted by Crippen LogP contribution is -2.57. The van der Waals surface area contributed by atoms with Crippen molar-refractivity contribution in [2.24, 2.45) is 0 Å². The third-order valence-corrected chi connectivity index (χ3v) is 12.5. The second-order valence-electron chi connectivity index (χ2n) is 22.7. The van der Waals surface area contributed by atoms with Crippen LogP contribution in [0.15, 0.2) is 84.9 Å². The number of nitrogens with one attached hydrogen (secondary N) is 5. The summed E-state index contributed by atoms with van der Waals surface area (Å²) in [6.45, 7) is 17.5. The second-order valence-corrected chi connectivity index (χ2v) is 23.1. The van der Waals surface area contributed by atoms with Crippen LogP contribution < -0.4 is 36.1 Å². The molecule has 5 rings (SSSR count). The average Bonchev–Trinajstić information content (AvgIpc) is 3.52. The number of halogens is 1. The Hall–Kier alpha value is -8.53. The van der Waals surface area contributed by atoms with Gasteiger partial charge in [-0.15, -0.1) is 0 Å². The van der Waals surface area contributed by atoms with Crippen molar-refractivity contribution in [3.05, 3.63) is 107 Å².